The van der Waals surface area contributed by atoms with Crippen molar-refractivity contribution in [1.29, 1.82) is 0 Å². The number of aliphatic hydroxyl groups excluding tert-OH is 2. The number of hydrogen-bond donors (Lipinski definition) is 8. The summed E-state index contributed by atoms with van der Waals surface area (Å²) < 4.78 is 35.6. The highest BCUT2D eigenvalue weighted by Crippen LogP contribution is 2.27. The zero-order valence-corrected chi connectivity index (χ0v) is 34.2. The van der Waals surface area contributed by atoms with E-state index in [9.17, 15) is 33.1 Å². The fourth-order valence-electron chi connectivity index (χ4n) is 6.13. The zero-order valence-electron chi connectivity index (χ0n) is 33.4. The Morgan fingerprint density at radius 3 is 1.65 bits per heavy atom. The van der Waals surface area contributed by atoms with E-state index < -0.39 is 16.1 Å². The summed E-state index contributed by atoms with van der Waals surface area (Å²) >= 11 is 0. The Balaban J connectivity index is 1.09. The summed E-state index contributed by atoms with van der Waals surface area (Å²) in [7, 11) is -4.70. The number of hydrogen-bond acceptors (Lipinski definition) is 16. The van der Waals surface area contributed by atoms with Gasteiger partial charge in [0.2, 0.25) is 29.7 Å². The van der Waals surface area contributed by atoms with Crippen LogP contribution in [-0.4, -0.2) is 90.5 Å². The number of para-hydroxylation sites is 1. The van der Waals surface area contributed by atoms with Gasteiger partial charge in [-0.15, -0.1) is 0 Å². The van der Waals surface area contributed by atoms with E-state index in [1.54, 1.807) is 59.5 Å². The van der Waals surface area contributed by atoms with Crippen molar-refractivity contribution in [3.63, 3.8) is 0 Å². The minimum Gasteiger partial charge on any atom is -0.478 e. The molecule has 63 heavy (non-hydrogen) atoms. The lowest BCUT2D eigenvalue weighted by molar-refractivity contribution is 0.0696. The number of benzene rings is 5. The minimum atomic E-state index is -4.70. The molecule has 7 aromatic rings. The molecule has 0 saturated heterocycles. The molecule has 2 heterocycles. The standard InChI is InChI=1S/C44H41N11O7S/c56-25-23-55(24-26-57)44-50-38(27-30-7-3-1-4-8-30)49-40(54-44)48-36-22-15-31(37(28-36)63(60,61)62)14-11-29-12-18-34(19-13-29)46-42-51-41(45-33-9-5-2-6-10-33)52-43(53-42)47-35-20-16-32(17-21-35)39(58)59/h1-22,28,56-57H,23-27H2,(H,58,59)(H,60,61,62)(H,48,49,50,54)(H3,45,46,47,51,52,53)/b14-11+. The third-order valence-electron chi connectivity index (χ3n) is 9.12. The van der Waals surface area contributed by atoms with Gasteiger partial charge >= 0.3 is 5.97 Å². The number of anilines is 9. The van der Waals surface area contributed by atoms with Crippen LogP contribution >= 0.6 is 0 Å². The van der Waals surface area contributed by atoms with E-state index in [0.717, 1.165) is 11.3 Å². The summed E-state index contributed by atoms with van der Waals surface area (Å²) in [5.41, 5.74) is 4.19. The fraction of sp³-hybridized carbons (Fsp3) is 0.114. The van der Waals surface area contributed by atoms with Gasteiger partial charge in [-0.05, 0) is 77.4 Å². The summed E-state index contributed by atoms with van der Waals surface area (Å²) in [5.74, 6) is 0.290. The smallest absolute Gasteiger partial charge is 0.335 e. The Kier molecular flexibility index (Phi) is 13.8. The number of carboxylic acids is 1. The quantitative estimate of drug-likeness (QED) is 0.0317. The van der Waals surface area contributed by atoms with Crippen molar-refractivity contribution in [3.8, 4) is 0 Å². The van der Waals surface area contributed by atoms with Crippen LogP contribution in [0.1, 0.15) is 32.9 Å². The van der Waals surface area contributed by atoms with Crippen LogP contribution in [0.4, 0.5) is 52.5 Å². The Morgan fingerprint density at radius 2 is 1.10 bits per heavy atom. The van der Waals surface area contributed by atoms with Crippen molar-refractivity contribution in [1.82, 2.24) is 29.9 Å². The van der Waals surface area contributed by atoms with Crippen LogP contribution in [0.2, 0.25) is 0 Å². The van der Waals surface area contributed by atoms with Crippen molar-refractivity contribution in [3.05, 3.63) is 155 Å². The van der Waals surface area contributed by atoms with Gasteiger partial charge in [-0.3, -0.25) is 4.55 Å². The molecule has 0 fully saturated rings. The van der Waals surface area contributed by atoms with Crippen LogP contribution in [0.15, 0.2) is 132 Å². The molecule has 5 aromatic carbocycles. The van der Waals surface area contributed by atoms with Crippen molar-refractivity contribution in [2.45, 2.75) is 11.3 Å². The maximum absolute atomic E-state index is 12.7. The number of carboxylic acid groups (broad SMARTS) is 1. The number of aromatic carboxylic acids is 1. The number of carbonyl (C=O) groups is 1. The molecule has 0 atom stereocenters. The third-order valence-corrected chi connectivity index (χ3v) is 10.0. The third kappa shape index (κ3) is 12.1. The molecular weight excluding hydrogens is 827 g/mol. The lowest BCUT2D eigenvalue weighted by atomic mass is 10.1. The van der Waals surface area contributed by atoms with Crippen molar-refractivity contribution in [2.75, 3.05) is 52.5 Å². The first kappa shape index (κ1) is 43.3. The highest BCUT2D eigenvalue weighted by Gasteiger charge is 2.18. The predicted octanol–water partition coefficient (Wildman–Crippen LogP) is 6.53. The van der Waals surface area contributed by atoms with E-state index in [1.165, 1.54) is 24.3 Å². The average Bonchev–Trinajstić information content (AvgIpc) is 3.27. The molecule has 0 aliphatic rings. The molecule has 320 valence electrons. The van der Waals surface area contributed by atoms with Crippen LogP contribution in [0.3, 0.4) is 0 Å². The van der Waals surface area contributed by atoms with Gasteiger partial charge < -0.3 is 41.5 Å². The van der Waals surface area contributed by atoms with Gasteiger partial charge in [0, 0.05) is 42.3 Å². The van der Waals surface area contributed by atoms with Gasteiger partial charge in [0.05, 0.1) is 18.8 Å². The maximum Gasteiger partial charge on any atom is 0.335 e. The van der Waals surface area contributed by atoms with E-state index in [2.05, 4.69) is 51.2 Å². The molecule has 0 bridgehead atoms. The second-order valence-corrected chi connectivity index (χ2v) is 15.1. The molecule has 0 aliphatic carbocycles. The lowest BCUT2D eigenvalue weighted by Gasteiger charge is -2.21. The summed E-state index contributed by atoms with van der Waals surface area (Å²) in [6.07, 6.45) is 3.60. The van der Waals surface area contributed by atoms with Crippen LogP contribution < -0.4 is 26.2 Å². The Labute approximate surface area is 361 Å². The number of aromatic nitrogens is 6. The molecular formula is C44H41N11O7S. The monoisotopic (exact) mass is 867 g/mol. The summed E-state index contributed by atoms with van der Waals surface area (Å²) in [6, 6.07) is 36.5. The first-order valence-electron chi connectivity index (χ1n) is 19.4. The van der Waals surface area contributed by atoms with E-state index in [-0.39, 0.29) is 77.8 Å². The predicted molar refractivity (Wildman–Crippen MR) is 240 cm³/mol. The average molecular weight is 868 g/mol. The summed E-state index contributed by atoms with van der Waals surface area (Å²) in [5, 5.41) is 41.0. The number of nitrogens with one attached hydrogen (secondary N) is 4. The summed E-state index contributed by atoms with van der Waals surface area (Å²) in [4.78, 5) is 39.7. The van der Waals surface area contributed by atoms with E-state index in [0.29, 0.717) is 29.2 Å². The molecule has 0 aliphatic heterocycles. The number of nitrogens with zero attached hydrogens (tertiary/aromatic N) is 7. The van der Waals surface area contributed by atoms with Crippen LogP contribution in [0, 0.1) is 0 Å². The van der Waals surface area contributed by atoms with Crippen LogP contribution in [-0.2, 0) is 16.5 Å². The van der Waals surface area contributed by atoms with Gasteiger partial charge in [0.1, 0.15) is 10.7 Å². The Morgan fingerprint density at radius 1 is 0.587 bits per heavy atom. The largest absolute Gasteiger partial charge is 0.478 e. The number of aliphatic hydroxyl groups is 2. The molecule has 2 aromatic heterocycles. The van der Waals surface area contributed by atoms with Gasteiger partial charge in [-0.1, -0.05) is 78.9 Å². The van der Waals surface area contributed by atoms with E-state index >= 15 is 0 Å². The van der Waals surface area contributed by atoms with Crippen molar-refractivity contribution >= 4 is 80.7 Å². The fourth-order valence-corrected chi connectivity index (χ4v) is 6.84. The maximum atomic E-state index is 12.7. The molecule has 0 unspecified atom stereocenters. The molecule has 19 heteroatoms. The first-order valence-corrected chi connectivity index (χ1v) is 20.8. The van der Waals surface area contributed by atoms with E-state index in [4.69, 9.17) is 0 Å². The first-order chi connectivity index (χ1) is 30.5. The molecule has 8 N–H and O–H groups in total. The van der Waals surface area contributed by atoms with Gasteiger partial charge in [0.15, 0.2) is 0 Å². The van der Waals surface area contributed by atoms with Crippen molar-refractivity contribution in [2.24, 2.45) is 0 Å². The lowest BCUT2D eigenvalue weighted by Crippen LogP contribution is -2.32. The Bertz CT molecular complexity index is 2800. The van der Waals surface area contributed by atoms with E-state index in [1.807, 2.05) is 60.7 Å². The molecule has 0 radical (unpaired) electrons. The summed E-state index contributed by atoms with van der Waals surface area (Å²) in [6.45, 7) is -0.104. The Hall–Kier alpha value is -7.84. The minimum absolute atomic E-state index is 0.0886. The molecule has 0 saturated carbocycles. The van der Waals surface area contributed by atoms with Gasteiger partial charge in [-0.2, -0.15) is 38.3 Å². The second-order valence-electron chi connectivity index (χ2n) is 13.7. The van der Waals surface area contributed by atoms with Crippen molar-refractivity contribution < 1.29 is 33.1 Å². The normalized spacial score (nSPS) is 11.3. The topological polar surface area (TPSA) is 261 Å². The molecule has 18 nitrogen and oxygen atoms in total. The molecule has 0 spiro atoms. The number of rotatable bonds is 19. The molecule has 7 rings (SSSR count). The highest BCUT2D eigenvalue weighted by atomic mass is 32.2. The van der Waals surface area contributed by atoms with Crippen LogP contribution in [0.25, 0.3) is 12.2 Å². The highest BCUT2D eigenvalue weighted by molar-refractivity contribution is 7.86. The van der Waals surface area contributed by atoms with Crippen LogP contribution in [0.5, 0.6) is 0 Å². The van der Waals surface area contributed by atoms with Gasteiger partial charge in [-0.25, -0.2) is 4.79 Å². The van der Waals surface area contributed by atoms with Gasteiger partial charge in [0.25, 0.3) is 10.1 Å². The SMILES string of the molecule is O=C(O)c1ccc(Nc2nc(Nc3ccccc3)nc(Nc3ccc(/C=C/c4ccc(Nc5nc(Cc6ccccc6)nc(N(CCO)CCO)n5)cc4S(=O)(=O)O)cc3)n2)cc1. The second kappa shape index (κ2) is 20.1. The molecule has 0 amide bonds. The zero-order chi connectivity index (χ0) is 44.2.